The number of hydrogen-bond donors (Lipinski definition) is 0. The van der Waals surface area contributed by atoms with Crippen molar-refractivity contribution in [2.75, 3.05) is 7.11 Å². The number of aliphatic carboxylic acids is 1. The summed E-state index contributed by atoms with van der Waals surface area (Å²) in [5.74, 6) is 2.57. The molecular weight excluding hydrogens is 148 g/mol. The molecule has 0 rings (SSSR count). The molecule has 0 saturated heterocycles. The molecule has 0 heterocycles. The Kier molecular flexibility index (Phi) is 4.58. The average Bonchev–Trinajstić information content (AvgIpc) is 1.97. The van der Waals surface area contributed by atoms with Gasteiger partial charge < -0.3 is 14.6 Å². The van der Waals surface area contributed by atoms with E-state index in [9.17, 15) is 14.7 Å². The Hall–Kier alpha value is -1.50. The van der Waals surface area contributed by atoms with Gasteiger partial charge >= 0.3 is 5.97 Å². The molecule has 0 fully saturated rings. The summed E-state index contributed by atoms with van der Waals surface area (Å²) in [7, 11) is 1.20. The van der Waals surface area contributed by atoms with E-state index < -0.39 is 11.9 Å². The molecule has 0 bridgehead atoms. The maximum Gasteiger partial charge on any atom is 0.384 e. The summed E-state index contributed by atoms with van der Waals surface area (Å²) >= 11 is 0. The summed E-state index contributed by atoms with van der Waals surface area (Å²) in [6.07, 6.45) is -0.0541. The molecule has 11 heavy (non-hydrogen) atoms. The molecule has 0 aromatic carbocycles. The predicted molar refractivity (Wildman–Crippen MR) is 34.0 cm³/mol. The number of methoxy groups -OCH3 is 1. The van der Waals surface area contributed by atoms with Gasteiger partial charge in [0.05, 0.1) is 7.11 Å². The van der Waals surface area contributed by atoms with E-state index in [-0.39, 0.29) is 12.8 Å². The number of carboxylic acids is 1. The Bertz CT molecular complexity index is 208. The summed E-state index contributed by atoms with van der Waals surface area (Å²) < 4.78 is 4.18. The van der Waals surface area contributed by atoms with Crippen LogP contribution in [0.4, 0.5) is 0 Å². The van der Waals surface area contributed by atoms with E-state index in [4.69, 9.17) is 0 Å². The normalized spacial score (nSPS) is 7.73. The molecule has 4 heteroatoms. The van der Waals surface area contributed by atoms with E-state index >= 15 is 0 Å². The van der Waals surface area contributed by atoms with Gasteiger partial charge in [-0.05, 0) is 6.42 Å². The van der Waals surface area contributed by atoms with Gasteiger partial charge in [-0.3, -0.25) is 0 Å². The van der Waals surface area contributed by atoms with Crippen LogP contribution < -0.4 is 5.11 Å². The highest BCUT2D eigenvalue weighted by Crippen LogP contribution is 1.82. The summed E-state index contributed by atoms with van der Waals surface area (Å²) in [6.45, 7) is 0. The number of carboxylic acid groups (broad SMARTS) is 1. The molecule has 0 radical (unpaired) electrons. The Balaban J connectivity index is 3.56. The van der Waals surface area contributed by atoms with E-state index in [0.29, 0.717) is 0 Å². The van der Waals surface area contributed by atoms with E-state index in [0.717, 1.165) is 0 Å². The van der Waals surface area contributed by atoms with E-state index in [1.807, 2.05) is 0 Å². The number of hydrogen-bond acceptors (Lipinski definition) is 4. The number of carbonyl (C=O) groups excluding carboxylic acids is 2. The van der Waals surface area contributed by atoms with Crippen LogP contribution in [0.1, 0.15) is 12.8 Å². The fraction of sp³-hybridized carbons (Fsp3) is 0.429. The van der Waals surface area contributed by atoms with Gasteiger partial charge in [0.25, 0.3) is 0 Å². The molecule has 60 valence electrons. The average molecular weight is 155 g/mol. The van der Waals surface area contributed by atoms with Gasteiger partial charge in [0, 0.05) is 18.3 Å². The number of esters is 1. The Morgan fingerprint density at radius 2 is 2.18 bits per heavy atom. The second kappa shape index (κ2) is 5.30. The Morgan fingerprint density at radius 3 is 2.64 bits per heavy atom. The maximum absolute atomic E-state index is 10.3. The molecule has 0 saturated carbocycles. The molecule has 0 aromatic rings. The van der Waals surface area contributed by atoms with Gasteiger partial charge in [-0.2, -0.15) is 0 Å². The third-order valence-corrected chi connectivity index (χ3v) is 0.830. The van der Waals surface area contributed by atoms with Crippen LogP contribution in [-0.2, 0) is 14.3 Å². The number of ether oxygens (including phenoxy) is 1. The molecule has 0 aromatic heterocycles. The first-order valence-corrected chi connectivity index (χ1v) is 2.93. The lowest BCUT2D eigenvalue weighted by molar-refractivity contribution is -0.305. The molecule has 0 unspecified atom stereocenters. The number of rotatable bonds is 2. The van der Waals surface area contributed by atoms with Gasteiger partial charge in [0.15, 0.2) is 0 Å². The second-order valence-corrected chi connectivity index (χ2v) is 1.67. The van der Waals surface area contributed by atoms with Crippen LogP contribution in [-0.4, -0.2) is 19.0 Å². The lowest BCUT2D eigenvalue weighted by atomic mass is 10.3. The Morgan fingerprint density at radius 1 is 1.55 bits per heavy atom. The molecule has 0 spiro atoms. The molecule has 0 aliphatic rings. The highest BCUT2D eigenvalue weighted by Gasteiger charge is 1.88. The minimum atomic E-state index is -1.18. The molecular formula is C7H7O4-. The van der Waals surface area contributed by atoms with Gasteiger partial charge in [-0.15, -0.1) is 0 Å². The van der Waals surface area contributed by atoms with Crippen molar-refractivity contribution in [2.24, 2.45) is 0 Å². The molecule has 0 aliphatic carbocycles. The highest BCUT2D eigenvalue weighted by molar-refractivity contribution is 5.88. The van der Waals surface area contributed by atoms with Crippen molar-refractivity contribution in [3.05, 3.63) is 0 Å². The van der Waals surface area contributed by atoms with Crippen LogP contribution in [0.25, 0.3) is 0 Å². The van der Waals surface area contributed by atoms with Crippen molar-refractivity contribution in [1.82, 2.24) is 0 Å². The van der Waals surface area contributed by atoms with Crippen molar-refractivity contribution in [3.8, 4) is 11.8 Å². The monoisotopic (exact) mass is 155 g/mol. The topological polar surface area (TPSA) is 66.4 Å². The minimum Gasteiger partial charge on any atom is -0.550 e. The van der Waals surface area contributed by atoms with Crippen molar-refractivity contribution >= 4 is 11.9 Å². The first-order chi connectivity index (χ1) is 5.16. The first kappa shape index (κ1) is 9.50. The van der Waals surface area contributed by atoms with E-state index in [1.54, 1.807) is 0 Å². The minimum absolute atomic E-state index is 0.109. The lowest BCUT2D eigenvalue weighted by Gasteiger charge is -1.93. The third-order valence-electron chi connectivity index (χ3n) is 0.830. The molecule has 0 N–H and O–H groups in total. The SMILES string of the molecule is COC(=O)C#CCCC(=O)[O-]. The van der Waals surface area contributed by atoms with Gasteiger partial charge in [-0.25, -0.2) is 4.79 Å². The van der Waals surface area contributed by atoms with Crippen LogP contribution in [0.3, 0.4) is 0 Å². The molecule has 0 amide bonds. The van der Waals surface area contributed by atoms with E-state index in [1.165, 1.54) is 7.11 Å². The summed E-state index contributed by atoms with van der Waals surface area (Å²) in [5, 5.41) is 9.82. The lowest BCUT2D eigenvalue weighted by Crippen LogP contribution is -2.21. The smallest absolute Gasteiger partial charge is 0.384 e. The van der Waals surface area contributed by atoms with Gasteiger partial charge in [0.1, 0.15) is 0 Å². The van der Waals surface area contributed by atoms with Crippen molar-refractivity contribution in [1.29, 1.82) is 0 Å². The highest BCUT2D eigenvalue weighted by atomic mass is 16.5. The van der Waals surface area contributed by atoms with Crippen molar-refractivity contribution in [3.63, 3.8) is 0 Å². The van der Waals surface area contributed by atoms with Crippen LogP contribution in [0, 0.1) is 11.8 Å². The third kappa shape index (κ3) is 6.38. The van der Waals surface area contributed by atoms with E-state index in [2.05, 4.69) is 16.6 Å². The fourth-order valence-corrected chi connectivity index (χ4v) is 0.350. The molecule has 0 aliphatic heterocycles. The van der Waals surface area contributed by atoms with Crippen LogP contribution in [0.5, 0.6) is 0 Å². The summed E-state index contributed by atoms with van der Waals surface area (Å²) in [6, 6.07) is 0. The zero-order valence-electron chi connectivity index (χ0n) is 6.05. The van der Waals surface area contributed by atoms with Crippen molar-refractivity contribution < 1.29 is 19.4 Å². The zero-order chi connectivity index (χ0) is 8.69. The largest absolute Gasteiger partial charge is 0.550 e. The number of carbonyl (C=O) groups is 2. The molecule has 4 nitrogen and oxygen atoms in total. The van der Waals surface area contributed by atoms with Gasteiger partial charge in [0.2, 0.25) is 0 Å². The van der Waals surface area contributed by atoms with Crippen molar-refractivity contribution in [2.45, 2.75) is 12.8 Å². The summed E-state index contributed by atoms with van der Waals surface area (Å²) in [5.41, 5.74) is 0. The molecule has 0 atom stereocenters. The first-order valence-electron chi connectivity index (χ1n) is 2.93. The quantitative estimate of drug-likeness (QED) is 0.282. The Labute approximate surface area is 64.2 Å². The zero-order valence-corrected chi connectivity index (χ0v) is 6.05. The van der Waals surface area contributed by atoms with Gasteiger partial charge in [-0.1, -0.05) is 5.92 Å². The fourth-order valence-electron chi connectivity index (χ4n) is 0.350. The van der Waals surface area contributed by atoms with Crippen LogP contribution >= 0.6 is 0 Å². The maximum atomic E-state index is 10.3. The van der Waals surface area contributed by atoms with Crippen LogP contribution in [0.15, 0.2) is 0 Å². The van der Waals surface area contributed by atoms with Crippen LogP contribution in [0.2, 0.25) is 0 Å². The summed E-state index contributed by atoms with van der Waals surface area (Å²) in [4.78, 5) is 20.1. The standard InChI is InChI=1S/C7H8O4/c1-11-7(10)5-3-2-4-6(8)9/h2,4H2,1H3,(H,8,9)/p-1. The predicted octanol–water partition coefficient (Wildman–Crippen LogP) is -1.31. The second-order valence-electron chi connectivity index (χ2n) is 1.67.